The minimum atomic E-state index is -3.17. The largest absolute Gasteiger partial charge is 0.316 e. The molecule has 82 valence electrons. The SMILES string of the molecule is O=S(=O)(CC1CNC1)c1cccc(Cl)c1. The zero-order valence-electron chi connectivity index (χ0n) is 8.11. The second-order valence-corrected chi connectivity index (χ2v) is 6.23. The molecule has 0 spiro atoms. The fraction of sp³-hybridized carbons (Fsp3) is 0.400. The first-order valence-corrected chi connectivity index (χ1v) is 6.80. The van der Waals surface area contributed by atoms with Crippen molar-refractivity contribution in [2.24, 2.45) is 5.92 Å². The summed E-state index contributed by atoms with van der Waals surface area (Å²) in [7, 11) is -3.17. The summed E-state index contributed by atoms with van der Waals surface area (Å²) in [6.45, 7) is 1.58. The normalized spacial score (nSPS) is 17.4. The monoisotopic (exact) mass is 245 g/mol. The van der Waals surface area contributed by atoms with Crippen LogP contribution in [-0.4, -0.2) is 27.3 Å². The van der Waals surface area contributed by atoms with Crippen molar-refractivity contribution in [3.8, 4) is 0 Å². The molecule has 0 aliphatic carbocycles. The molecule has 1 saturated heterocycles. The molecule has 0 radical (unpaired) electrons. The molecule has 1 fully saturated rings. The zero-order chi connectivity index (χ0) is 10.9. The Labute approximate surface area is 94.4 Å². The van der Waals surface area contributed by atoms with Gasteiger partial charge >= 0.3 is 0 Å². The summed E-state index contributed by atoms with van der Waals surface area (Å²) in [5, 5.41) is 3.52. The van der Waals surface area contributed by atoms with Crippen molar-refractivity contribution in [3.05, 3.63) is 29.3 Å². The molecule has 1 heterocycles. The Morgan fingerprint density at radius 2 is 2.13 bits per heavy atom. The maximum atomic E-state index is 11.9. The van der Waals surface area contributed by atoms with E-state index in [4.69, 9.17) is 11.6 Å². The summed E-state index contributed by atoms with van der Waals surface area (Å²) in [6, 6.07) is 6.43. The van der Waals surface area contributed by atoms with Crippen LogP contribution >= 0.6 is 11.6 Å². The highest BCUT2D eigenvalue weighted by molar-refractivity contribution is 7.91. The smallest absolute Gasteiger partial charge is 0.178 e. The fourth-order valence-corrected chi connectivity index (χ4v) is 3.43. The van der Waals surface area contributed by atoms with E-state index >= 15 is 0 Å². The third-order valence-electron chi connectivity index (χ3n) is 2.48. The van der Waals surface area contributed by atoms with E-state index in [1.165, 1.54) is 6.07 Å². The van der Waals surface area contributed by atoms with Gasteiger partial charge in [-0.15, -0.1) is 0 Å². The molecule has 1 aromatic carbocycles. The molecule has 5 heteroatoms. The van der Waals surface area contributed by atoms with Crippen molar-refractivity contribution in [2.45, 2.75) is 4.90 Å². The molecule has 2 rings (SSSR count). The Morgan fingerprint density at radius 1 is 1.40 bits per heavy atom. The molecule has 15 heavy (non-hydrogen) atoms. The highest BCUT2D eigenvalue weighted by Crippen LogP contribution is 2.19. The van der Waals surface area contributed by atoms with Crippen LogP contribution in [0.2, 0.25) is 5.02 Å². The van der Waals surface area contributed by atoms with E-state index in [1.807, 2.05) is 0 Å². The maximum Gasteiger partial charge on any atom is 0.178 e. The van der Waals surface area contributed by atoms with Gasteiger partial charge in [-0.1, -0.05) is 17.7 Å². The number of sulfone groups is 1. The van der Waals surface area contributed by atoms with Gasteiger partial charge in [-0.05, 0) is 24.1 Å². The first-order valence-electron chi connectivity index (χ1n) is 4.77. The van der Waals surface area contributed by atoms with E-state index in [2.05, 4.69) is 5.32 Å². The highest BCUT2D eigenvalue weighted by Gasteiger charge is 2.25. The lowest BCUT2D eigenvalue weighted by Crippen LogP contribution is -2.45. The van der Waals surface area contributed by atoms with E-state index in [1.54, 1.807) is 18.2 Å². The van der Waals surface area contributed by atoms with Gasteiger partial charge in [0.25, 0.3) is 0 Å². The first kappa shape index (κ1) is 10.9. The van der Waals surface area contributed by atoms with Gasteiger partial charge in [0.05, 0.1) is 10.6 Å². The third-order valence-corrected chi connectivity index (χ3v) is 4.59. The second kappa shape index (κ2) is 4.12. The predicted octanol–water partition coefficient (Wildman–Crippen LogP) is 1.33. The van der Waals surface area contributed by atoms with Gasteiger partial charge in [-0.2, -0.15) is 0 Å². The van der Waals surface area contributed by atoms with Crippen LogP contribution in [0.5, 0.6) is 0 Å². The van der Waals surface area contributed by atoms with Crippen molar-refractivity contribution < 1.29 is 8.42 Å². The van der Waals surface area contributed by atoms with Crippen LogP contribution in [0.25, 0.3) is 0 Å². The van der Waals surface area contributed by atoms with Crippen LogP contribution in [0.15, 0.2) is 29.2 Å². The lowest BCUT2D eigenvalue weighted by atomic mass is 10.1. The van der Waals surface area contributed by atoms with E-state index in [0.29, 0.717) is 9.92 Å². The van der Waals surface area contributed by atoms with Crippen molar-refractivity contribution >= 4 is 21.4 Å². The number of rotatable bonds is 3. The van der Waals surface area contributed by atoms with E-state index in [-0.39, 0.29) is 11.7 Å². The topological polar surface area (TPSA) is 46.2 Å². The summed E-state index contributed by atoms with van der Waals surface area (Å²) in [6.07, 6.45) is 0. The quantitative estimate of drug-likeness (QED) is 0.874. The van der Waals surface area contributed by atoms with Crippen molar-refractivity contribution in [3.63, 3.8) is 0 Å². The second-order valence-electron chi connectivity index (χ2n) is 3.76. The molecule has 0 atom stereocenters. The summed E-state index contributed by atoms with van der Waals surface area (Å²) in [5.74, 6) is 0.453. The molecule has 1 N–H and O–H groups in total. The van der Waals surface area contributed by atoms with Crippen LogP contribution in [0, 0.1) is 5.92 Å². The van der Waals surface area contributed by atoms with Crippen molar-refractivity contribution in [2.75, 3.05) is 18.8 Å². The molecule has 3 nitrogen and oxygen atoms in total. The number of hydrogen-bond donors (Lipinski definition) is 1. The number of hydrogen-bond acceptors (Lipinski definition) is 3. The molecule has 1 aromatic rings. The molecule has 0 saturated carbocycles. The lowest BCUT2D eigenvalue weighted by molar-refractivity contribution is 0.378. The Bertz CT molecular complexity index is 454. The van der Waals surface area contributed by atoms with Gasteiger partial charge in [0.2, 0.25) is 0 Å². The summed E-state index contributed by atoms with van der Waals surface area (Å²) >= 11 is 5.76. The van der Waals surface area contributed by atoms with Gasteiger partial charge in [0.15, 0.2) is 9.84 Å². The van der Waals surface area contributed by atoms with Gasteiger partial charge < -0.3 is 5.32 Å². The molecule has 1 aliphatic heterocycles. The average molecular weight is 246 g/mol. The van der Waals surface area contributed by atoms with Crippen molar-refractivity contribution in [1.29, 1.82) is 0 Å². The molecule has 0 bridgehead atoms. The number of halogens is 1. The third kappa shape index (κ3) is 2.51. The molecule has 1 aliphatic rings. The van der Waals surface area contributed by atoms with Gasteiger partial charge in [0.1, 0.15) is 0 Å². The summed E-state index contributed by atoms with van der Waals surface area (Å²) in [4.78, 5) is 0.321. The van der Waals surface area contributed by atoms with E-state index in [0.717, 1.165) is 13.1 Å². The summed E-state index contributed by atoms with van der Waals surface area (Å²) < 4.78 is 23.8. The number of nitrogens with one attached hydrogen (secondary N) is 1. The molecule has 0 aromatic heterocycles. The van der Waals surface area contributed by atoms with Gasteiger partial charge in [0, 0.05) is 18.1 Å². The van der Waals surface area contributed by atoms with Crippen molar-refractivity contribution in [1.82, 2.24) is 5.32 Å². The van der Waals surface area contributed by atoms with Crippen LogP contribution in [0.4, 0.5) is 0 Å². The average Bonchev–Trinajstić information content (AvgIpc) is 2.12. The Morgan fingerprint density at radius 3 is 2.67 bits per heavy atom. The zero-order valence-corrected chi connectivity index (χ0v) is 9.68. The molecule has 0 unspecified atom stereocenters. The van der Waals surface area contributed by atoms with Gasteiger partial charge in [-0.25, -0.2) is 8.42 Å². The summed E-state index contributed by atoms with van der Waals surface area (Å²) in [5.41, 5.74) is 0. The van der Waals surface area contributed by atoms with Crippen LogP contribution < -0.4 is 5.32 Å². The Kier molecular flexibility index (Phi) is 3.00. The molecular weight excluding hydrogens is 234 g/mol. The molecule has 0 amide bonds. The fourth-order valence-electron chi connectivity index (χ4n) is 1.53. The minimum absolute atomic E-state index is 0.209. The standard InChI is InChI=1S/C10H12ClNO2S/c11-9-2-1-3-10(4-9)15(13,14)7-8-5-12-6-8/h1-4,8,12H,5-7H2. The van der Waals surface area contributed by atoms with E-state index < -0.39 is 9.84 Å². The number of benzene rings is 1. The highest BCUT2D eigenvalue weighted by atomic mass is 35.5. The Hall–Kier alpha value is -0.580. The van der Waals surface area contributed by atoms with Crippen LogP contribution in [0.3, 0.4) is 0 Å². The Balaban J connectivity index is 2.20. The van der Waals surface area contributed by atoms with E-state index in [9.17, 15) is 8.42 Å². The maximum absolute atomic E-state index is 11.9. The predicted molar refractivity (Wildman–Crippen MR) is 59.9 cm³/mol. The van der Waals surface area contributed by atoms with Gasteiger partial charge in [-0.3, -0.25) is 0 Å². The van der Waals surface area contributed by atoms with Crippen LogP contribution in [-0.2, 0) is 9.84 Å². The lowest BCUT2D eigenvalue weighted by Gasteiger charge is -2.26. The van der Waals surface area contributed by atoms with Crippen LogP contribution in [0.1, 0.15) is 0 Å². The first-order chi connectivity index (χ1) is 7.08. The molecular formula is C10H12ClNO2S. The minimum Gasteiger partial charge on any atom is -0.316 e.